The fraction of sp³-hybridized carbons (Fsp3) is 0.583. The quantitative estimate of drug-likeness (QED) is 0.746. The van der Waals surface area contributed by atoms with E-state index in [4.69, 9.17) is 15.1 Å². The molecule has 0 aliphatic heterocycles. The molecule has 0 aromatic carbocycles. The summed E-state index contributed by atoms with van der Waals surface area (Å²) in [4.78, 5) is 0. The lowest BCUT2D eigenvalue weighted by Crippen LogP contribution is -2.36. The molecule has 0 amide bonds. The molecule has 0 spiro atoms. The molecule has 0 fully saturated rings. The Morgan fingerprint density at radius 1 is 1.65 bits per heavy atom. The number of hydrogen-bond donors (Lipinski definition) is 2. The first kappa shape index (κ1) is 13.7. The Morgan fingerprint density at radius 2 is 2.35 bits per heavy atom. The summed E-state index contributed by atoms with van der Waals surface area (Å²) in [6, 6.07) is 3.93. The summed E-state index contributed by atoms with van der Waals surface area (Å²) < 4.78 is 6.85. The van der Waals surface area contributed by atoms with Crippen LogP contribution in [0.5, 0.6) is 0 Å². The van der Waals surface area contributed by atoms with Crippen molar-refractivity contribution in [3.05, 3.63) is 23.0 Å². The summed E-state index contributed by atoms with van der Waals surface area (Å²) in [5, 5.41) is 21.2. The van der Waals surface area contributed by atoms with Crippen LogP contribution < -0.4 is 5.32 Å². The SMILES string of the molecule is COCC(CO)NCc1cc(C#N)n(C)c1C. The van der Waals surface area contributed by atoms with Crippen LogP contribution in [0.4, 0.5) is 0 Å². The maximum Gasteiger partial charge on any atom is 0.120 e. The van der Waals surface area contributed by atoms with Gasteiger partial charge in [-0.15, -0.1) is 0 Å². The van der Waals surface area contributed by atoms with E-state index in [-0.39, 0.29) is 12.6 Å². The van der Waals surface area contributed by atoms with E-state index in [0.29, 0.717) is 18.8 Å². The van der Waals surface area contributed by atoms with E-state index in [2.05, 4.69) is 11.4 Å². The molecule has 5 heteroatoms. The molecule has 1 aromatic heterocycles. The van der Waals surface area contributed by atoms with E-state index in [0.717, 1.165) is 11.3 Å². The van der Waals surface area contributed by atoms with Gasteiger partial charge in [-0.2, -0.15) is 5.26 Å². The van der Waals surface area contributed by atoms with Crippen molar-refractivity contribution < 1.29 is 9.84 Å². The van der Waals surface area contributed by atoms with Gasteiger partial charge < -0.3 is 19.7 Å². The lowest BCUT2D eigenvalue weighted by molar-refractivity contribution is 0.128. The third kappa shape index (κ3) is 3.30. The Hall–Kier alpha value is -1.35. The first-order valence-corrected chi connectivity index (χ1v) is 5.52. The minimum Gasteiger partial charge on any atom is -0.395 e. The van der Waals surface area contributed by atoms with Crippen molar-refractivity contribution in [3.63, 3.8) is 0 Å². The Kier molecular flexibility index (Phi) is 5.16. The average Bonchev–Trinajstić information content (AvgIpc) is 2.61. The maximum atomic E-state index is 9.11. The summed E-state index contributed by atoms with van der Waals surface area (Å²) in [7, 11) is 3.47. The van der Waals surface area contributed by atoms with Gasteiger partial charge in [0.05, 0.1) is 19.3 Å². The molecule has 0 saturated carbocycles. The fourth-order valence-electron chi connectivity index (χ4n) is 1.68. The molecule has 94 valence electrons. The van der Waals surface area contributed by atoms with Crippen molar-refractivity contribution in [1.29, 1.82) is 5.26 Å². The normalized spacial score (nSPS) is 12.4. The number of aliphatic hydroxyl groups excluding tert-OH is 1. The molecular weight excluding hydrogens is 218 g/mol. The van der Waals surface area contributed by atoms with E-state index in [1.54, 1.807) is 7.11 Å². The van der Waals surface area contributed by atoms with Crippen LogP contribution in [-0.4, -0.2) is 36.0 Å². The van der Waals surface area contributed by atoms with Crippen molar-refractivity contribution in [2.75, 3.05) is 20.3 Å². The summed E-state index contributed by atoms with van der Waals surface area (Å²) in [5.74, 6) is 0. The molecule has 1 aromatic rings. The topological polar surface area (TPSA) is 70.2 Å². The van der Waals surface area contributed by atoms with Crippen LogP contribution in [0.2, 0.25) is 0 Å². The molecule has 0 aliphatic rings. The number of methoxy groups -OCH3 is 1. The molecule has 1 heterocycles. The van der Waals surface area contributed by atoms with E-state index < -0.39 is 0 Å². The lowest BCUT2D eigenvalue weighted by atomic mass is 10.2. The Morgan fingerprint density at radius 3 is 2.82 bits per heavy atom. The predicted octanol–water partition coefficient (Wildman–Crippen LogP) is 0.302. The van der Waals surface area contributed by atoms with Crippen LogP contribution in [0.3, 0.4) is 0 Å². The summed E-state index contributed by atoms with van der Waals surface area (Å²) in [6.07, 6.45) is 0. The first-order valence-electron chi connectivity index (χ1n) is 5.52. The minimum atomic E-state index is -0.0786. The Balaban J connectivity index is 2.66. The largest absolute Gasteiger partial charge is 0.395 e. The number of nitriles is 1. The summed E-state index contributed by atoms with van der Waals surface area (Å²) in [6.45, 7) is 3.09. The second-order valence-electron chi connectivity index (χ2n) is 4.03. The van der Waals surface area contributed by atoms with Crippen LogP contribution in [-0.2, 0) is 18.3 Å². The highest BCUT2D eigenvalue weighted by Crippen LogP contribution is 2.13. The minimum absolute atomic E-state index is 0.0326. The molecule has 0 bridgehead atoms. The van der Waals surface area contributed by atoms with Crippen molar-refractivity contribution in [2.24, 2.45) is 7.05 Å². The van der Waals surface area contributed by atoms with Gasteiger partial charge in [-0.1, -0.05) is 0 Å². The van der Waals surface area contributed by atoms with E-state index in [9.17, 15) is 0 Å². The molecule has 1 rings (SSSR count). The monoisotopic (exact) mass is 237 g/mol. The van der Waals surface area contributed by atoms with E-state index in [1.165, 1.54) is 0 Å². The zero-order chi connectivity index (χ0) is 12.8. The molecule has 0 radical (unpaired) electrons. The third-order valence-corrected chi connectivity index (χ3v) is 2.92. The standard InChI is InChI=1S/C12H19N3O2/c1-9-10(4-12(5-13)15(9)2)6-14-11(7-16)8-17-3/h4,11,14,16H,6-8H2,1-3H3. The third-order valence-electron chi connectivity index (χ3n) is 2.92. The number of aliphatic hydroxyl groups is 1. The Bertz CT molecular complexity index is 407. The van der Waals surface area contributed by atoms with Crippen molar-refractivity contribution in [1.82, 2.24) is 9.88 Å². The second kappa shape index (κ2) is 6.40. The van der Waals surface area contributed by atoms with E-state index >= 15 is 0 Å². The number of nitrogens with one attached hydrogen (secondary N) is 1. The van der Waals surface area contributed by atoms with Gasteiger partial charge in [0.25, 0.3) is 0 Å². The van der Waals surface area contributed by atoms with Crippen molar-refractivity contribution in [2.45, 2.75) is 19.5 Å². The number of ether oxygens (including phenoxy) is 1. The molecule has 0 saturated heterocycles. The van der Waals surface area contributed by atoms with Gasteiger partial charge in [-0.25, -0.2) is 0 Å². The summed E-state index contributed by atoms with van der Waals surface area (Å²) >= 11 is 0. The fourth-order valence-corrected chi connectivity index (χ4v) is 1.68. The number of rotatable bonds is 6. The van der Waals surface area contributed by atoms with Crippen LogP contribution in [0.15, 0.2) is 6.07 Å². The van der Waals surface area contributed by atoms with Crippen molar-refractivity contribution in [3.8, 4) is 6.07 Å². The molecular formula is C12H19N3O2. The molecule has 0 aliphatic carbocycles. The number of hydrogen-bond acceptors (Lipinski definition) is 4. The first-order chi connectivity index (χ1) is 8.13. The molecule has 1 atom stereocenters. The van der Waals surface area contributed by atoms with Crippen LogP contribution in [0, 0.1) is 18.3 Å². The second-order valence-corrected chi connectivity index (χ2v) is 4.03. The molecule has 17 heavy (non-hydrogen) atoms. The van der Waals surface area contributed by atoms with E-state index in [1.807, 2.05) is 24.6 Å². The Labute approximate surface area is 102 Å². The highest BCUT2D eigenvalue weighted by Gasteiger charge is 2.11. The molecule has 2 N–H and O–H groups in total. The molecule has 1 unspecified atom stereocenters. The zero-order valence-electron chi connectivity index (χ0n) is 10.5. The van der Waals surface area contributed by atoms with Gasteiger partial charge in [0.2, 0.25) is 0 Å². The van der Waals surface area contributed by atoms with Gasteiger partial charge in [0, 0.05) is 26.4 Å². The maximum absolute atomic E-state index is 9.11. The van der Waals surface area contributed by atoms with Crippen LogP contribution >= 0.6 is 0 Å². The predicted molar refractivity (Wildman–Crippen MR) is 64.5 cm³/mol. The highest BCUT2D eigenvalue weighted by molar-refractivity contribution is 5.34. The van der Waals surface area contributed by atoms with Gasteiger partial charge in [-0.3, -0.25) is 0 Å². The lowest BCUT2D eigenvalue weighted by Gasteiger charge is -2.15. The summed E-state index contributed by atoms with van der Waals surface area (Å²) in [5.41, 5.74) is 2.77. The number of nitrogens with zero attached hydrogens (tertiary/aromatic N) is 2. The number of aromatic nitrogens is 1. The van der Waals surface area contributed by atoms with Gasteiger partial charge in [0.15, 0.2) is 0 Å². The van der Waals surface area contributed by atoms with Gasteiger partial charge in [0.1, 0.15) is 11.8 Å². The average molecular weight is 237 g/mol. The van der Waals surface area contributed by atoms with Crippen LogP contribution in [0.1, 0.15) is 17.0 Å². The van der Waals surface area contributed by atoms with Crippen LogP contribution in [0.25, 0.3) is 0 Å². The highest BCUT2D eigenvalue weighted by atomic mass is 16.5. The molecule has 5 nitrogen and oxygen atoms in total. The van der Waals surface area contributed by atoms with Gasteiger partial charge in [-0.05, 0) is 18.6 Å². The zero-order valence-corrected chi connectivity index (χ0v) is 10.5. The van der Waals surface area contributed by atoms with Crippen molar-refractivity contribution >= 4 is 0 Å². The van der Waals surface area contributed by atoms with Gasteiger partial charge >= 0.3 is 0 Å². The smallest absolute Gasteiger partial charge is 0.120 e.